The Hall–Kier alpha value is -0.990. The fourth-order valence-electron chi connectivity index (χ4n) is 1.77. The van der Waals surface area contributed by atoms with E-state index in [2.05, 4.69) is 43.8 Å². The summed E-state index contributed by atoms with van der Waals surface area (Å²) in [5, 5.41) is 2.91. The van der Waals surface area contributed by atoms with E-state index in [-0.39, 0.29) is 5.91 Å². The summed E-state index contributed by atoms with van der Waals surface area (Å²) < 4.78 is 1.75. The van der Waals surface area contributed by atoms with Gasteiger partial charge in [0.25, 0.3) is 5.91 Å². The van der Waals surface area contributed by atoms with Crippen LogP contribution in [0.5, 0.6) is 0 Å². The molecule has 1 amide bonds. The van der Waals surface area contributed by atoms with Crippen LogP contribution in [0.4, 0.5) is 5.69 Å². The summed E-state index contributed by atoms with van der Waals surface area (Å²) in [6.07, 6.45) is 0. The van der Waals surface area contributed by atoms with Crippen LogP contribution in [0.2, 0.25) is 0 Å². The number of halogens is 2. The molecule has 0 aromatic heterocycles. The van der Waals surface area contributed by atoms with Crippen molar-refractivity contribution in [3.8, 4) is 0 Å². The molecular weight excluding hydrogens is 463 g/mol. The van der Waals surface area contributed by atoms with Gasteiger partial charge in [0, 0.05) is 19.3 Å². The molecule has 21 heavy (non-hydrogen) atoms. The molecule has 0 spiro atoms. The SMILES string of the molecule is Cc1ccc(C(N)=S)cc1NC(=O)c1cc(Br)ccc1I. The van der Waals surface area contributed by atoms with Crippen molar-refractivity contribution in [3.05, 3.63) is 61.1 Å². The second kappa shape index (κ2) is 6.85. The Balaban J connectivity index is 2.33. The van der Waals surface area contributed by atoms with Crippen molar-refractivity contribution in [2.75, 3.05) is 5.32 Å². The number of anilines is 1. The molecule has 108 valence electrons. The monoisotopic (exact) mass is 474 g/mol. The molecule has 6 heteroatoms. The molecule has 0 aliphatic heterocycles. The Kier molecular flexibility index (Phi) is 5.34. The number of hydrogen-bond donors (Lipinski definition) is 2. The summed E-state index contributed by atoms with van der Waals surface area (Å²) in [7, 11) is 0. The number of amides is 1. The minimum Gasteiger partial charge on any atom is -0.389 e. The third kappa shape index (κ3) is 4.02. The maximum Gasteiger partial charge on any atom is 0.256 e. The molecule has 0 unspecified atom stereocenters. The van der Waals surface area contributed by atoms with Gasteiger partial charge in [0.05, 0.1) is 5.56 Å². The molecule has 2 aromatic rings. The van der Waals surface area contributed by atoms with Crippen LogP contribution in [-0.4, -0.2) is 10.9 Å². The van der Waals surface area contributed by atoms with Crippen LogP contribution in [0.1, 0.15) is 21.5 Å². The molecule has 2 rings (SSSR count). The molecule has 0 atom stereocenters. The quantitative estimate of drug-likeness (QED) is 0.516. The maximum absolute atomic E-state index is 12.4. The van der Waals surface area contributed by atoms with Gasteiger partial charge in [-0.1, -0.05) is 40.3 Å². The van der Waals surface area contributed by atoms with Crippen molar-refractivity contribution in [2.45, 2.75) is 6.92 Å². The average molecular weight is 475 g/mol. The van der Waals surface area contributed by atoms with E-state index in [1.807, 2.05) is 31.2 Å². The van der Waals surface area contributed by atoms with Crippen LogP contribution >= 0.6 is 50.7 Å². The molecule has 0 bridgehead atoms. The van der Waals surface area contributed by atoms with E-state index in [4.69, 9.17) is 18.0 Å². The van der Waals surface area contributed by atoms with Gasteiger partial charge in [-0.25, -0.2) is 0 Å². The standard InChI is InChI=1S/C15H12BrIN2OS/c1-8-2-3-9(14(18)21)6-13(8)19-15(20)11-7-10(16)4-5-12(11)17/h2-7H,1H3,(H2,18,21)(H,19,20). The lowest BCUT2D eigenvalue weighted by Crippen LogP contribution is -2.16. The van der Waals surface area contributed by atoms with Gasteiger partial charge in [0.2, 0.25) is 0 Å². The van der Waals surface area contributed by atoms with Crippen molar-refractivity contribution in [2.24, 2.45) is 5.73 Å². The third-order valence-corrected chi connectivity index (χ3v) is 4.61. The van der Waals surface area contributed by atoms with Crippen molar-refractivity contribution in [3.63, 3.8) is 0 Å². The highest BCUT2D eigenvalue weighted by atomic mass is 127. The second-order valence-corrected chi connectivity index (χ2v) is 6.99. The second-order valence-electron chi connectivity index (χ2n) is 4.47. The van der Waals surface area contributed by atoms with E-state index in [9.17, 15) is 4.79 Å². The number of hydrogen-bond acceptors (Lipinski definition) is 2. The van der Waals surface area contributed by atoms with Crippen LogP contribution < -0.4 is 11.1 Å². The zero-order valence-electron chi connectivity index (χ0n) is 11.1. The number of rotatable bonds is 3. The van der Waals surface area contributed by atoms with Crippen LogP contribution in [0.3, 0.4) is 0 Å². The first-order valence-electron chi connectivity index (χ1n) is 6.05. The van der Waals surface area contributed by atoms with Crippen molar-refractivity contribution >= 4 is 67.3 Å². The first-order chi connectivity index (χ1) is 9.88. The molecule has 2 aromatic carbocycles. The molecule has 0 saturated heterocycles. The van der Waals surface area contributed by atoms with E-state index in [0.29, 0.717) is 16.2 Å². The molecule has 0 fully saturated rings. The molecule has 3 nitrogen and oxygen atoms in total. The predicted octanol–water partition coefficient (Wildman–Crippen LogP) is 4.25. The zero-order valence-corrected chi connectivity index (χ0v) is 15.7. The number of benzene rings is 2. The molecule has 3 N–H and O–H groups in total. The Morgan fingerprint density at radius 2 is 2.00 bits per heavy atom. The Morgan fingerprint density at radius 3 is 2.67 bits per heavy atom. The highest BCUT2D eigenvalue weighted by molar-refractivity contribution is 14.1. The van der Waals surface area contributed by atoms with Gasteiger partial charge in [0.1, 0.15) is 4.99 Å². The molecule has 0 heterocycles. The summed E-state index contributed by atoms with van der Waals surface area (Å²) in [6.45, 7) is 1.92. The lowest BCUT2D eigenvalue weighted by atomic mass is 10.1. The number of carbonyl (C=O) groups excluding carboxylic acids is 1. The van der Waals surface area contributed by atoms with Crippen molar-refractivity contribution < 1.29 is 4.79 Å². The minimum atomic E-state index is -0.163. The fraction of sp³-hybridized carbons (Fsp3) is 0.0667. The summed E-state index contributed by atoms with van der Waals surface area (Å²) >= 11 is 10.5. The number of carbonyl (C=O) groups is 1. The van der Waals surface area contributed by atoms with Gasteiger partial charge in [-0.15, -0.1) is 0 Å². The van der Waals surface area contributed by atoms with E-state index in [1.165, 1.54) is 0 Å². The Labute approximate surface area is 150 Å². The highest BCUT2D eigenvalue weighted by Gasteiger charge is 2.12. The van der Waals surface area contributed by atoms with Crippen molar-refractivity contribution in [1.82, 2.24) is 0 Å². The van der Waals surface area contributed by atoms with Crippen molar-refractivity contribution in [1.29, 1.82) is 0 Å². The Bertz CT molecular complexity index is 734. The normalized spacial score (nSPS) is 10.2. The average Bonchev–Trinajstić information content (AvgIpc) is 2.43. The van der Waals surface area contributed by atoms with Gasteiger partial charge in [-0.05, 0) is 59.3 Å². The first kappa shape index (κ1) is 16.4. The van der Waals surface area contributed by atoms with Gasteiger partial charge in [0.15, 0.2) is 0 Å². The lowest BCUT2D eigenvalue weighted by molar-refractivity contribution is 0.102. The summed E-state index contributed by atoms with van der Waals surface area (Å²) in [5.74, 6) is -0.163. The molecule has 0 saturated carbocycles. The summed E-state index contributed by atoms with van der Waals surface area (Å²) in [6, 6.07) is 11.1. The zero-order chi connectivity index (χ0) is 15.6. The van der Waals surface area contributed by atoms with Gasteiger partial charge < -0.3 is 11.1 Å². The number of nitrogens with one attached hydrogen (secondary N) is 1. The summed E-state index contributed by atoms with van der Waals surface area (Å²) in [5.41, 5.74) is 8.64. The topological polar surface area (TPSA) is 55.1 Å². The van der Waals surface area contributed by atoms with Gasteiger partial charge in [-0.3, -0.25) is 4.79 Å². The predicted molar refractivity (Wildman–Crippen MR) is 102 cm³/mol. The number of aryl methyl sites for hydroxylation is 1. The maximum atomic E-state index is 12.4. The molecule has 0 aliphatic rings. The highest BCUT2D eigenvalue weighted by Crippen LogP contribution is 2.22. The largest absolute Gasteiger partial charge is 0.389 e. The van der Waals surface area contributed by atoms with E-state index in [0.717, 1.165) is 19.2 Å². The third-order valence-electron chi connectivity index (χ3n) is 2.94. The van der Waals surface area contributed by atoms with Gasteiger partial charge in [-0.2, -0.15) is 0 Å². The smallest absolute Gasteiger partial charge is 0.256 e. The Morgan fingerprint density at radius 1 is 1.29 bits per heavy atom. The van der Waals surface area contributed by atoms with Crippen LogP contribution in [0.15, 0.2) is 40.9 Å². The van der Waals surface area contributed by atoms with E-state index >= 15 is 0 Å². The molecular formula is C15H12BrIN2OS. The summed E-state index contributed by atoms with van der Waals surface area (Å²) in [4.78, 5) is 12.7. The van der Waals surface area contributed by atoms with Gasteiger partial charge >= 0.3 is 0 Å². The fourth-order valence-corrected chi connectivity index (χ4v) is 2.84. The lowest BCUT2D eigenvalue weighted by Gasteiger charge is -2.11. The molecule has 0 radical (unpaired) electrons. The number of nitrogens with two attached hydrogens (primary N) is 1. The van der Waals surface area contributed by atoms with Crippen LogP contribution in [0, 0.1) is 10.5 Å². The number of thiocarbonyl (C=S) groups is 1. The molecule has 0 aliphatic carbocycles. The minimum absolute atomic E-state index is 0.163. The van der Waals surface area contributed by atoms with Crippen LogP contribution in [-0.2, 0) is 0 Å². The van der Waals surface area contributed by atoms with E-state index < -0.39 is 0 Å². The first-order valence-corrected chi connectivity index (χ1v) is 8.33. The van der Waals surface area contributed by atoms with Crippen LogP contribution in [0.25, 0.3) is 0 Å². The van der Waals surface area contributed by atoms with E-state index in [1.54, 1.807) is 12.1 Å².